The molecule has 24 heavy (non-hydrogen) atoms. The Bertz CT molecular complexity index is 693. The van der Waals surface area contributed by atoms with Gasteiger partial charge >= 0.3 is 6.03 Å². The molecule has 0 radical (unpaired) electrons. The fraction of sp³-hybridized carbons (Fsp3) is 0.350. The first kappa shape index (κ1) is 17.9. The lowest BCUT2D eigenvalue weighted by molar-refractivity contribution is 0.230. The summed E-state index contributed by atoms with van der Waals surface area (Å²) in [7, 11) is 5.12. The summed E-state index contributed by atoms with van der Waals surface area (Å²) in [5, 5.41) is 2.98. The van der Waals surface area contributed by atoms with E-state index in [4.69, 9.17) is 4.74 Å². The number of carbonyl (C=O) groups excluding carboxylic acids is 1. The zero-order valence-electron chi connectivity index (χ0n) is 15.1. The van der Waals surface area contributed by atoms with Crippen molar-refractivity contribution >= 4 is 11.7 Å². The Morgan fingerprint density at radius 2 is 1.83 bits per heavy atom. The fourth-order valence-corrected chi connectivity index (χ4v) is 2.45. The van der Waals surface area contributed by atoms with E-state index in [0.29, 0.717) is 5.92 Å². The van der Waals surface area contributed by atoms with Gasteiger partial charge in [0.15, 0.2) is 0 Å². The lowest BCUT2D eigenvalue weighted by Gasteiger charge is -2.18. The van der Waals surface area contributed by atoms with Gasteiger partial charge in [0, 0.05) is 19.7 Å². The highest BCUT2D eigenvalue weighted by molar-refractivity contribution is 5.94. The minimum atomic E-state index is -0.138. The molecular formula is C20H26N2O2. The molecule has 0 aliphatic carbocycles. The Labute approximate surface area is 144 Å². The molecule has 4 nitrogen and oxygen atoms in total. The highest BCUT2D eigenvalue weighted by Gasteiger charge is 2.13. The third kappa shape index (κ3) is 4.07. The lowest BCUT2D eigenvalue weighted by atomic mass is 9.93. The van der Waals surface area contributed by atoms with E-state index in [-0.39, 0.29) is 6.03 Å². The third-order valence-electron chi connectivity index (χ3n) is 4.27. The van der Waals surface area contributed by atoms with Crippen LogP contribution in [0.4, 0.5) is 10.5 Å². The molecule has 0 aliphatic rings. The molecule has 128 valence electrons. The van der Waals surface area contributed by atoms with Crippen molar-refractivity contribution in [1.82, 2.24) is 4.90 Å². The number of hydrogen-bond donors (Lipinski definition) is 1. The van der Waals surface area contributed by atoms with Gasteiger partial charge in [0.2, 0.25) is 0 Å². The van der Waals surface area contributed by atoms with Crippen LogP contribution in [0.3, 0.4) is 0 Å². The Hall–Kier alpha value is -2.49. The van der Waals surface area contributed by atoms with Crippen LogP contribution in [-0.4, -0.2) is 32.1 Å². The number of anilines is 1. The van der Waals surface area contributed by atoms with Crippen molar-refractivity contribution in [1.29, 1.82) is 0 Å². The Morgan fingerprint density at radius 3 is 2.38 bits per heavy atom. The molecule has 0 saturated heterocycles. The maximum absolute atomic E-state index is 12.1. The number of nitrogens with zero attached hydrogens (tertiary/aromatic N) is 1. The Morgan fingerprint density at radius 1 is 1.17 bits per heavy atom. The van der Waals surface area contributed by atoms with E-state index in [1.807, 2.05) is 30.3 Å². The van der Waals surface area contributed by atoms with E-state index in [1.165, 1.54) is 10.5 Å². The predicted molar refractivity (Wildman–Crippen MR) is 99.8 cm³/mol. The summed E-state index contributed by atoms with van der Waals surface area (Å²) < 4.78 is 5.23. The van der Waals surface area contributed by atoms with Crippen LogP contribution in [0.1, 0.15) is 31.7 Å². The van der Waals surface area contributed by atoms with Crippen molar-refractivity contribution in [3.05, 3.63) is 48.0 Å². The average Bonchev–Trinajstić information content (AvgIpc) is 2.61. The molecule has 2 amide bonds. The number of ether oxygens (including phenoxy) is 1. The van der Waals surface area contributed by atoms with Crippen LogP contribution in [-0.2, 0) is 0 Å². The molecule has 0 fully saturated rings. The van der Waals surface area contributed by atoms with Gasteiger partial charge in [-0.05, 0) is 47.7 Å². The maximum atomic E-state index is 12.1. The summed E-state index contributed by atoms with van der Waals surface area (Å²) in [5.41, 5.74) is 4.15. The average molecular weight is 326 g/mol. The van der Waals surface area contributed by atoms with E-state index < -0.39 is 0 Å². The summed E-state index contributed by atoms with van der Waals surface area (Å²) in [5.74, 6) is 1.29. The zero-order chi connectivity index (χ0) is 17.7. The molecule has 2 aromatic rings. The van der Waals surface area contributed by atoms with E-state index in [9.17, 15) is 4.79 Å². The third-order valence-corrected chi connectivity index (χ3v) is 4.27. The summed E-state index contributed by atoms with van der Waals surface area (Å²) in [6, 6.07) is 14.0. The van der Waals surface area contributed by atoms with Crippen LogP contribution in [0.25, 0.3) is 11.1 Å². The van der Waals surface area contributed by atoms with Crippen LogP contribution in [0.5, 0.6) is 5.75 Å². The van der Waals surface area contributed by atoms with Gasteiger partial charge in [-0.2, -0.15) is 0 Å². The molecule has 1 N–H and O–H groups in total. The quantitative estimate of drug-likeness (QED) is 0.843. The molecule has 1 unspecified atom stereocenters. The summed E-state index contributed by atoms with van der Waals surface area (Å²) >= 11 is 0. The van der Waals surface area contributed by atoms with Gasteiger partial charge in [-0.1, -0.05) is 32.0 Å². The zero-order valence-corrected chi connectivity index (χ0v) is 15.1. The predicted octanol–water partition coefficient (Wildman–Crippen LogP) is 4.97. The second-order valence-electron chi connectivity index (χ2n) is 6.17. The Balaban J connectivity index is 2.47. The molecule has 2 aromatic carbocycles. The normalized spacial score (nSPS) is 11.7. The summed E-state index contributed by atoms with van der Waals surface area (Å²) in [6.07, 6.45) is 1.07. The van der Waals surface area contributed by atoms with Gasteiger partial charge in [0.25, 0.3) is 0 Å². The maximum Gasteiger partial charge on any atom is 0.321 e. The fourth-order valence-electron chi connectivity index (χ4n) is 2.45. The number of benzene rings is 2. The monoisotopic (exact) mass is 326 g/mol. The molecular weight excluding hydrogens is 300 g/mol. The topological polar surface area (TPSA) is 41.6 Å². The number of hydrogen-bond acceptors (Lipinski definition) is 2. The van der Waals surface area contributed by atoms with Gasteiger partial charge in [0.1, 0.15) is 5.75 Å². The SMILES string of the molecule is CCC(C)c1ccc(NC(=O)N(C)C)c(-c2ccc(OC)cc2)c1. The van der Waals surface area contributed by atoms with Crippen LogP contribution in [0.15, 0.2) is 42.5 Å². The van der Waals surface area contributed by atoms with Crippen molar-refractivity contribution < 1.29 is 9.53 Å². The molecule has 4 heteroatoms. The van der Waals surface area contributed by atoms with Gasteiger partial charge in [-0.15, -0.1) is 0 Å². The second kappa shape index (κ2) is 7.86. The number of methoxy groups -OCH3 is 1. The van der Waals surface area contributed by atoms with Crippen molar-refractivity contribution in [3.63, 3.8) is 0 Å². The number of urea groups is 1. The first-order valence-corrected chi connectivity index (χ1v) is 8.23. The number of amides is 2. The first-order valence-electron chi connectivity index (χ1n) is 8.23. The van der Waals surface area contributed by atoms with Gasteiger partial charge in [0.05, 0.1) is 12.8 Å². The minimum Gasteiger partial charge on any atom is -0.497 e. The van der Waals surface area contributed by atoms with E-state index >= 15 is 0 Å². The molecule has 0 spiro atoms. The van der Waals surface area contributed by atoms with E-state index in [0.717, 1.165) is 29.0 Å². The van der Waals surface area contributed by atoms with E-state index in [1.54, 1.807) is 21.2 Å². The molecule has 2 rings (SSSR count). The Kier molecular flexibility index (Phi) is 5.85. The molecule has 0 saturated carbocycles. The van der Waals surface area contributed by atoms with Gasteiger partial charge in [-0.3, -0.25) is 0 Å². The standard InChI is InChI=1S/C20H26N2O2/c1-6-14(2)16-9-12-19(21-20(23)22(3)4)18(13-16)15-7-10-17(24-5)11-8-15/h7-14H,6H2,1-5H3,(H,21,23). The largest absolute Gasteiger partial charge is 0.497 e. The number of rotatable bonds is 5. The van der Waals surface area contributed by atoms with E-state index in [2.05, 4.69) is 31.3 Å². The smallest absolute Gasteiger partial charge is 0.321 e. The van der Waals surface area contributed by atoms with Crippen LogP contribution >= 0.6 is 0 Å². The van der Waals surface area contributed by atoms with Crippen molar-refractivity contribution in [3.8, 4) is 16.9 Å². The molecule has 0 aromatic heterocycles. The number of nitrogens with one attached hydrogen (secondary N) is 1. The number of carbonyl (C=O) groups is 1. The molecule has 1 atom stereocenters. The van der Waals surface area contributed by atoms with Crippen LogP contribution in [0, 0.1) is 0 Å². The highest BCUT2D eigenvalue weighted by Crippen LogP contribution is 2.33. The van der Waals surface area contributed by atoms with Crippen molar-refractivity contribution in [2.75, 3.05) is 26.5 Å². The van der Waals surface area contributed by atoms with Gasteiger partial charge in [-0.25, -0.2) is 4.79 Å². The van der Waals surface area contributed by atoms with Gasteiger partial charge < -0.3 is 15.0 Å². The lowest BCUT2D eigenvalue weighted by Crippen LogP contribution is -2.27. The first-order chi connectivity index (χ1) is 11.5. The minimum absolute atomic E-state index is 0.138. The van der Waals surface area contributed by atoms with Crippen molar-refractivity contribution in [2.24, 2.45) is 0 Å². The molecule has 0 heterocycles. The second-order valence-corrected chi connectivity index (χ2v) is 6.17. The van der Waals surface area contributed by atoms with Crippen LogP contribution < -0.4 is 10.1 Å². The molecule has 0 aliphatic heterocycles. The molecule has 0 bridgehead atoms. The van der Waals surface area contributed by atoms with Crippen molar-refractivity contribution in [2.45, 2.75) is 26.2 Å². The summed E-state index contributed by atoms with van der Waals surface area (Å²) in [4.78, 5) is 13.6. The highest BCUT2D eigenvalue weighted by atomic mass is 16.5. The van der Waals surface area contributed by atoms with Crippen LogP contribution in [0.2, 0.25) is 0 Å². The summed E-state index contributed by atoms with van der Waals surface area (Å²) in [6.45, 7) is 4.39.